The quantitative estimate of drug-likeness (QED) is 0.794. The summed E-state index contributed by atoms with van der Waals surface area (Å²) in [5.41, 5.74) is 0. The molecule has 1 heterocycles. The van der Waals surface area contributed by atoms with Crippen LogP contribution in [0.2, 0.25) is 0 Å². The van der Waals surface area contributed by atoms with Crippen molar-refractivity contribution in [3.8, 4) is 0 Å². The number of rotatable bonds is 5. The molecule has 0 aromatic rings. The fourth-order valence-corrected chi connectivity index (χ4v) is 3.34. The first-order chi connectivity index (χ1) is 7.86. The second-order valence-electron chi connectivity index (χ2n) is 5.38. The molecule has 0 saturated carbocycles. The maximum Gasteiger partial charge on any atom is 0.153 e. The van der Waals surface area contributed by atoms with Crippen LogP contribution in [0.4, 0.5) is 0 Å². The molecule has 5 heteroatoms. The Hall–Kier alpha value is -0.130. The summed E-state index contributed by atoms with van der Waals surface area (Å²) in [7, 11) is -0.891. The summed E-state index contributed by atoms with van der Waals surface area (Å²) in [5.74, 6) is 0.886. The molecule has 0 amide bonds. The molecule has 1 aliphatic heterocycles. The second-order valence-corrected chi connectivity index (χ2v) is 8.05. The maximum atomic E-state index is 11.7. The van der Waals surface area contributed by atoms with Crippen LogP contribution < -0.4 is 5.32 Å². The van der Waals surface area contributed by atoms with Crippen LogP contribution in [0.1, 0.15) is 27.2 Å². The Morgan fingerprint density at radius 2 is 2.06 bits per heavy atom. The molecule has 2 atom stereocenters. The van der Waals surface area contributed by atoms with Crippen LogP contribution in [0, 0.1) is 5.92 Å². The Morgan fingerprint density at radius 1 is 1.41 bits per heavy atom. The highest BCUT2D eigenvalue weighted by Crippen LogP contribution is 2.16. The Morgan fingerprint density at radius 3 is 2.53 bits per heavy atom. The van der Waals surface area contributed by atoms with Crippen LogP contribution in [0.25, 0.3) is 0 Å². The lowest BCUT2D eigenvalue weighted by atomic mass is 9.94. The smallest absolute Gasteiger partial charge is 0.153 e. The molecule has 1 saturated heterocycles. The molecule has 0 radical (unpaired) electrons. The molecule has 4 nitrogen and oxygen atoms in total. The second kappa shape index (κ2) is 6.16. The van der Waals surface area contributed by atoms with Crippen molar-refractivity contribution in [1.82, 2.24) is 10.2 Å². The molecule has 0 aliphatic carbocycles. The number of hydrogen-bond donors (Lipinski definition) is 1. The number of nitrogens with one attached hydrogen (secondary N) is 1. The van der Waals surface area contributed by atoms with Gasteiger partial charge in [-0.2, -0.15) is 0 Å². The van der Waals surface area contributed by atoms with Gasteiger partial charge in [-0.05, 0) is 39.8 Å². The first kappa shape index (κ1) is 14.9. The van der Waals surface area contributed by atoms with E-state index in [0.717, 1.165) is 19.5 Å². The molecule has 0 bridgehead atoms. The van der Waals surface area contributed by atoms with Gasteiger partial charge in [-0.1, -0.05) is 6.92 Å². The first-order valence-corrected chi connectivity index (χ1v) is 8.19. The molecule has 1 fully saturated rings. The van der Waals surface area contributed by atoms with Crippen LogP contribution >= 0.6 is 0 Å². The van der Waals surface area contributed by atoms with Crippen molar-refractivity contribution in [2.75, 3.05) is 32.4 Å². The van der Waals surface area contributed by atoms with Gasteiger partial charge < -0.3 is 10.2 Å². The lowest BCUT2D eigenvalue weighted by Gasteiger charge is -2.36. The highest BCUT2D eigenvalue weighted by molar-refractivity contribution is 7.92. The van der Waals surface area contributed by atoms with Gasteiger partial charge in [0.1, 0.15) is 0 Å². The normalized spacial score (nSPS) is 27.6. The molecule has 0 spiro atoms. The maximum absolute atomic E-state index is 11.7. The van der Waals surface area contributed by atoms with Crippen LogP contribution in [-0.2, 0) is 9.84 Å². The third-order valence-electron chi connectivity index (χ3n) is 3.77. The van der Waals surface area contributed by atoms with Gasteiger partial charge in [-0.3, -0.25) is 0 Å². The summed E-state index contributed by atoms with van der Waals surface area (Å²) < 4.78 is 23.5. The Bertz CT molecular complexity index is 327. The number of nitrogens with zero attached hydrogens (tertiary/aromatic N) is 1. The summed E-state index contributed by atoms with van der Waals surface area (Å²) in [5, 5.41) is 3.07. The lowest BCUT2D eigenvalue weighted by Crippen LogP contribution is -2.48. The van der Waals surface area contributed by atoms with Crippen LogP contribution in [0.3, 0.4) is 0 Å². The fourth-order valence-electron chi connectivity index (χ4n) is 2.36. The van der Waals surface area contributed by atoms with E-state index in [1.807, 2.05) is 7.05 Å². The summed E-state index contributed by atoms with van der Waals surface area (Å²) in [6.07, 6.45) is 1.11. The van der Waals surface area contributed by atoms with Crippen LogP contribution in [0.15, 0.2) is 0 Å². The predicted octanol–water partition coefficient (Wildman–Crippen LogP) is 0.739. The monoisotopic (exact) mass is 262 g/mol. The van der Waals surface area contributed by atoms with Gasteiger partial charge >= 0.3 is 0 Å². The minimum Gasteiger partial charge on any atom is -0.317 e. The van der Waals surface area contributed by atoms with Crippen molar-refractivity contribution >= 4 is 9.84 Å². The first-order valence-electron chi connectivity index (χ1n) is 6.48. The van der Waals surface area contributed by atoms with Crippen molar-refractivity contribution in [3.05, 3.63) is 0 Å². The molecular weight excluding hydrogens is 236 g/mol. The highest BCUT2D eigenvalue weighted by Gasteiger charge is 2.26. The molecule has 1 rings (SSSR count). The van der Waals surface area contributed by atoms with Crippen molar-refractivity contribution in [3.63, 3.8) is 0 Å². The topological polar surface area (TPSA) is 49.4 Å². The summed E-state index contributed by atoms with van der Waals surface area (Å²) >= 11 is 0. The fraction of sp³-hybridized carbons (Fsp3) is 1.00. The SMILES string of the molecule is CNC1CCN(CCS(=O)(=O)C(C)C)CC1C. The predicted molar refractivity (Wildman–Crippen MR) is 72.0 cm³/mol. The van der Waals surface area contributed by atoms with Crippen LogP contribution in [0.5, 0.6) is 0 Å². The van der Waals surface area contributed by atoms with Gasteiger partial charge in [0, 0.05) is 19.1 Å². The Kier molecular flexibility index (Phi) is 5.41. The third kappa shape index (κ3) is 4.23. The highest BCUT2D eigenvalue weighted by atomic mass is 32.2. The van der Waals surface area contributed by atoms with Gasteiger partial charge in [-0.25, -0.2) is 8.42 Å². The van der Waals surface area contributed by atoms with E-state index in [4.69, 9.17) is 0 Å². The van der Waals surface area contributed by atoms with E-state index in [1.165, 1.54) is 0 Å². The van der Waals surface area contributed by atoms with Crippen molar-refractivity contribution < 1.29 is 8.42 Å². The molecule has 1 N–H and O–H groups in total. The van der Waals surface area contributed by atoms with E-state index in [2.05, 4.69) is 17.1 Å². The third-order valence-corrected chi connectivity index (χ3v) is 5.96. The van der Waals surface area contributed by atoms with E-state index in [9.17, 15) is 8.42 Å². The van der Waals surface area contributed by atoms with Gasteiger partial charge in [0.15, 0.2) is 9.84 Å². The summed E-state index contributed by atoms with van der Waals surface area (Å²) in [4.78, 5) is 2.28. The van der Waals surface area contributed by atoms with Gasteiger partial charge in [0.05, 0.1) is 11.0 Å². The minimum absolute atomic E-state index is 0.255. The van der Waals surface area contributed by atoms with E-state index in [1.54, 1.807) is 13.8 Å². The number of piperidine rings is 1. The molecule has 102 valence electrons. The average molecular weight is 262 g/mol. The zero-order valence-electron chi connectivity index (χ0n) is 11.4. The van der Waals surface area contributed by atoms with E-state index in [-0.39, 0.29) is 5.25 Å². The molecule has 1 aliphatic rings. The van der Waals surface area contributed by atoms with Gasteiger partial charge in [0.2, 0.25) is 0 Å². The number of hydrogen-bond acceptors (Lipinski definition) is 4. The standard InChI is InChI=1S/C12H26N2O2S/c1-10(2)17(15,16)8-7-14-6-5-12(13-4)11(3)9-14/h10-13H,5-9H2,1-4H3. The Balaban J connectivity index is 2.40. The molecule has 2 unspecified atom stereocenters. The minimum atomic E-state index is -2.89. The summed E-state index contributed by atoms with van der Waals surface area (Å²) in [6, 6.07) is 0.577. The molecule has 0 aromatic heterocycles. The van der Waals surface area contributed by atoms with Gasteiger partial charge in [0.25, 0.3) is 0 Å². The molecule has 0 aromatic carbocycles. The zero-order chi connectivity index (χ0) is 13.1. The largest absolute Gasteiger partial charge is 0.317 e. The zero-order valence-corrected chi connectivity index (χ0v) is 12.3. The van der Waals surface area contributed by atoms with Crippen LogP contribution in [-0.4, -0.2) is 57.0 Å². The van der Waals surface area contributed by atoms with E-state index >= 15 is 0 Å². The van der Waals surface area contributed by atoms with Gasteiger partial charge in [-0.15, -0.1) is 0 Å². The number of sulfone groups is 1. The van der Waals surface area contributed by atoms with Crippen molar-refractivity contribution in [1.29, 1.82) is 0 Å². The Labute approximate surface area is 106 Å². The van der Waals surface area contributed by atoms with Crippen molar-refractivity contribution in [2.24, 2.45) is 5.92 Å². The summed E-state index contributed by atoms with van der Waals surface area (Å²) in [6.45, 7) is 8.42. The molecule has 17 heavy (non-hydrogen) atoms. The van der Waals surface area contributed by atoms with E-state index < -0.39 is 9.84 Å². The lowest BCUT2D eigenvalue weighted by molar-refractivity contribution is 0.158. The van der Waals surface area contributed by atoms with E-state index in [0.29, 0.717) is 24.3 Å². The van der Waals surface area contributed by atoms with Crippen molar-refractivity contribution in [2.45, 2.75) is 38.5 Å². The molecular formula is C12H26N2O2S. The number of likely N-dealkylation sites (tertiary alicyclic amines) is 1. The average Bonchev–Trinajstić information content (AvgIpc) is 2.26.